The van der Waals surface area contributed by atoms with E-state index < -0.39 is 11.8 Å². The van der Waals surface area contributed by atoms with Crippen LogP contribution in [0.1, 0.15) is 34.6 Å². The van der Waals surface area contributed by atoms with Crippen molar-refractivity contribution in [3.05, 3.63) is 111 Å². The van der Waals surface area contributed by atoms with Crippen LogP contribution in [0.25, 0.3) is 22.3 Å². The van der Waals surface area contributed by atoms with Gasteiger partial charge in [0, 0.05) is 41.1 Å². The van der Waals surface area contributed by atoms with Crippen molar-refractivity contribution >= 4 is 28.6 Å². The molecule has 0 aliphatic carbocycles. The summed E-state index contributed by atoms with van der Waals surface area (Å²) in [6.07, 6.45) is 3.53. The van der Waals surface area contributed by atoms with Crippen molar-refractivity contribution in [1.29, 1.82) is 0 Å². The summed E-state index contributed by atoms with van der Waals surface area (Å²) in [5.41, 5.74) is 2.71. The minimum Gasteiger partial charge on any atom is -0.478 e. The maximum atomic E-state index is 14.1. The number of aromatic carboxylic acids is 1. The van der Waals surface area contributed by atoms with E-state index in [4.69, 9.17) is 26.1 Å². The van der Waals surface area contributed by atoms with Crippen molar-refractivity contribution in [1.82, 2.24) is 19.1 Å². The van der Waals surface area contributed by atoms with E-state index in [1.54, 1.807) is 59.3 Å². The molecule has 0 spiro atoms. The Balaban J connectivity index is 1.24. The van der Waals surface area contributed by atoms with Gasteiger partial charge in [-0.15, -0.1) is 0 Å². The highest BCUT2D eigenvalue weighted by atomic mass is 35.5. The molecule has 1 saturated heterocycles. The number of benzene rings is 2. The van der Waals surface area contributed by atoms with E-state index >= 15 is 0 Å². The molecule has 0 saturated carbocycles. The molecule has 1 fully saturated rings. The van der Waals surface area contributed by atoms with Crippen molar-refractivity contribution in [2.45, 2.75) is 38.6 Å². The van der Waals surface area contributed by atoms with Crippen LogP contribution in [-0.2, 0) is 24.4 Å². The fourth-order valence-corrected chi connectivity index (χ4v) is 5.18. The van der Waals surface area contributed by atoms with Gasteiger partial charge in [-0.1, -0.05) is 23.7 Å². The average Bonchev–Trinajstić information content (AvgIpc) is 3.61. The van der Waals surface area contributed by atoms with E-state index in [-0.39, 0.29) is 36.3 Å². The SMILES string of the molecule is O=C(O)c1ccc2nc(Cn3ccc(-c4cccc(OCc5ccc(Cl)cc5F)n4)cc3=O)n(CC3CCCO3)c2c1. The molecule has 0 bridgehead atoms. The zero-order valence-electron chi connectivity index (χ0n) is 22.4. The minimum absolute atomic E-state index is 0.00881. The zero-order chi connectivity index (χ0) is 29.2. The Hall–Kier alpha value is -4.54. The van der Waals surface area contributed by atoms with Gasteiger partial charge in [-0.25, -0.2) is 19.2 Å². The quantitative estimate of drug-likeness (QED) is 0.240. The highest BCUT2D eigenvalue weighted by Gasteiger charge is 2.21. The molecule has 1 aliphatic heterocycles. The number of pyridine rings is 2. The molecule has 1 aliphatic rings. The topological polar surface area (TPSA) is 108 Å². The number of carbonyl (C=O) groups is 1. The first-order valence-electron chi connectivity index (χ1n) is 13.4. The van der Waals surface area contributed by atoms with Gasteiger partial charge >= 0.3 is 5.97 Å². The Morgan fingerprint density at radius 1 is 1.12 bits per heavy atom. The van der Waals surface area contributed by atoms with E-state index in [1.165, 1.54) is 18.2 Å². The van der Waals surface area contributed by atoms with Gasteiger partial charge in [-0.2, -0.15) is 0 Å². The minimum atomic E-state index is -1.02. The molecule has 4 heterocycles. The summed E-state index contributed by atoms with van der Waals surface area (Å²) in [7, 11) is 0. The van der Waals surface area contributed by atoms with Crippen LogP contribution in [0.4, 0.5) is 4.39 Å². The van der Waals surface area contributed by atoms with E-state index in [0.29, 0.717) is 51.9 Å². The van der Waals surface area contributed by atoms with Gasteiger partial charge < -0.3 is 23.7 Å². The van der Waals surface area contributed by atoms with Crippen molar-refractivity contribution in [3.63, 3.8) is 0 Å². The molecule has 9 nitrogen and oxygen atoms in total. The lowest BCUT2D eigenvalue weighted by molar-refractivity contribution is 0.0697. The van der Waals surface area contributed by atoms with Crippen molar-refractivity contribution in [3.8, 4) is 17.1 Å². The normalized spacial score (nSPS) is 14.9. The van der Waals surface area contributed by atoms with Crippen LogP contribution < -0.4 is 10.3 Å². The summed E-state index contributed by atoms with van der Waals surface area (Å²) in [6, 6.07) is 17.6. The number of aromatic nitrogens is 4. The number of nitrogens with zero attached hydrogens (tertiary/aromatic N) is 4. The summed E-state index contributed by atoms with van der Waals surface area (Å²) in [6.45, 7) is 1.36. The number of ether oxygens (including phenoxy) is 2. The van der Waals surface area contributed by atoms with Gasteiger partial charge in [0.2, 0.25) is 5.88 Å². The third kappa shape index (κ3) is 5.90. The predicted molar refractivity (Wildman–Crippen MR) is 154 cm³/mol. The van der Waals surface area contributed by atoms with Crippen molar-refractivity contribution < 1.29 is 23.8 Å². The zero-order valence-corrected chi connectivity index (χ0v) is 23.1. The van der Waals surface area contributed by atoms with E-state index in [0.717, 1.165) is 12.8 Å². The van der Waals surface area contributed by atoms with Gasteiger partial charge in [-0.05, 0) is 55.3 Å². The van der Waals surface area contributed by atoms with Crippen LogP contribution in [0.2, 0.25) is 5.02 Å². The lowest BCUT2D eigenvalue weighted by atomic mass is 10.2. The summed E-state index contributed by atoms with van der Waals surface area (Å²) in [5.74, 6) is -0.570. The maximum Gasteiger partial charge on any atom is 0.335 e. The van der Waals surface area contributed by atoms with Crippen LogP contribution in [0.15, 0.2) is 77.7 Å². The third-order valence-electron chi connectivity index (χ3n) is 7.20. The highest BCUT2D eigenvalue weighted by Crippen LogP contribution is 2.24. The molecule has 0 radical (unpaired) electrons. The van der Waals surface area contributed by atoms with Crippen molar-refractivity contribution in [2.24, 2.45) is 0 Å². The van der Waals surface area contributed by atoms with Crippen molar-refractivity contribution in [2.75, 3.05) is 6.61 Å². The number of fused-ring (bicyclic) bond motifs is 1. The van der Waals surface area contributed by atoms with E-state index in [9.17, 15) is 19.1 Å². The Kier molecular flexibility index (Phi) is 7.73. The number of hydrogen-bond acceptors (Lipinski definition) is 6. The molecule has 1 N–H and O–H groups in total. The molecule has 42 heavy (non-hydrogen) atoms. The lowest BCUT2D eigenvalue weighted by Gasteiger charge is -2.15. The Bertz CT molecular complexity index is 1850. The molecule has 5 aromatic rings. The highest BCUT2D eigenvalue weighted by molar-refractivity contribution is 6.30. The first kappa shape index (κ1) is 27.6. The summed E-state index contributed by atoms with van der Waals surface area (Å²) < 4.78 is 29.1. The standard InChI is InChI=1S/C31H26ClFN4O5/c32-22-8-6-21(24(33)15-22)18-42-29-5-1-4-25(35-29)19-10-11-36(30(38)14-19)17-28-34-26-9-7-20(31(39)40)13-27(26)37(28)16-23-3-2-12-41-23/h1,4-11,13-15,23H,2-3,12,16-18H2,(H,39,40). The second-order valence-electron chi connectivity index (χ2n) is 10.0. The smallest absolute Gasteiger partial charge is 0.335 e. The van der Waals surface area contributed by atoms with Crippen LogP contribution >= 0.6 is 11.6 Å². The fourth-order valence-electron chi connectivity index (χ4n) is 5.02. The Morgan fingerprint density at radius 3 is 2.76 bits per heavy atom. The molecule has 0 amide bonds. The second kappa shape index (κ2) is 11.8. The molecule has 2 aromatic carbocycles. The predicted octanol–water partition coefficient (Wildman–Crippen LogP) is 5.56. The summed E-state index contributed by atoms with van der Waals surface area (Å²) in [5, 5.41) is 9.81. The Morgan fingerprint density at radius 2 is 2.00 bits per heavy atom. The fraction of sp³-hybridized carbons (Fsp3) is 0.226. The van der Waals surface area contributed by atoms with Gasteiger partial charge in [-0.3, -0.25) is 4.79 Å². The second-order valence-corrected chi connectivity index (χ2v) is 10.5. The van der Waals surface area contributed by atoms with E-state index in [1.807, 2.05) is 4.57 Å². The van der Waals surface area contributed by atoms with Gasteiger partial charge in [0.15, 0.2) is 0 Å². The van der Waals surface area contributed by atoms with Crippen LogP contribution in [0.3, 0.4) is 0 Å². The molecule has 11 heteroatoms. The number of imidazole rings is 1. The first-order valence-corrected chi connectivity index (χ1v) is 13.8. The molecular formula is C31H26ClFN4O5. The molecule has 214 valence electrons. The lowest BCUT2D eigenvalue weighted by Crippen LogP contribution is -2.23. The van der Waals surface area contributed by atoms with Crippen LogP contribution in [0.5, 0.6) is 5.88 Å². The monoisotopic (exact) mass is 588 g/mol. The van der Waals surface area contributed by atoms with Crippen LogP contribution in [-0.4, -0.2) is 42.9 Å². The molecule has 6 rings (SSSR count). The molecule has 1 unspecified atom stereocenters. The number of rotatable bonds is 9. The largest absolute Gasteiger partial charge is 0.478 e. The molecular weight excluding hydrogens is 563 g/mol. The van der Waals surface area contributed by atoms with Gasteiger partial charge in [0.25, 0.3) is 5.56 Å². The van der Waals surface area contributed by atoms with Gasteiger partial charge in [0.1, 0.15) is 18.2 Å². The van der Waals surface area contributed by atoms with E-state index in [2.05, 4.69) is 4.98 Å². The Labute approximate surface area is 244 Å². The number of carboxylic acid groups (broad SMARTS) is 1. The molecule has 1 atom stereocenters. The first-order chi connectivity index (χ1) is 20.3. The van der Waals surface area contributed by atoms with Gasteiger partial charge in [0.05, 0.1) is 41.5 Å². The number of hydrogen-bond donors (Lipinski definition) is 1. The molecule has 3 aromatic heterocycles. The number of halogens is 2. The number of carboxylic acids is 1. The average molecular weight is 589 g/mol. The third-order valence-corrected chi connectivity index (χ3v) is 7.44. The maximum absolute atomic E-state index is 14.1. The van der Waals surface area contributed by atoms with Crippen LogP contribution in [0, 0.1) is 5.82 Å². The summed E-state index contributed by atoms with van der Waals surface area (Å²) >= 11 is 5.82. The summed E-state index contributed by atoms with van der Waals surface area (Å²) in [4.78, 5) is 34.0.